The molecule has 0 spiro atoms. The summed E-state index contributed by atoms with van der Waals surface area (Å²) < 4.78 is 18.3. The van der Waals surface area contributed by atoms with Gasteiger partial charge in [-0.1, -0.05) is 0 Å². The van der Waals surface area contributed by atoms with Gasteiger partial charge in [-0.15, -0.1) is 11.3 Å². The Hall–Kier alpha value is -1.59. The van der Waals surface area contributed by atoms with Crippen LogP contribution in [-0.4, -0.2) is 13.7 Å². The van der Waals surface area contributed by atoms with E-state index in [9.17, 15) is 4.39 Å². The minimum Gasteiger partial charge on any atom is -0.494 e. The predicted octanol–water partition coefficient (Wildman–Crippen LogP) is 3.32. The van der Waals surface area contributed by atoms with Crippen LogP contribution >= 0.6 is 11.3 Å². The van der Waals surface area contributed by atoms with Crippen LogP contribution in [0.15, 0.2) is 30.3 Å². The number of aryl methyl sites for hydroxylation is 1. The van der Waals surface area contributed by atoms with Crippen molar-refractivity contribution in [3.8, 4) is 5.75 Å². The van der Waals surface area contributed by atoms with Crippen LogP contribution in [0, 0.1) is 12.7 Å². The molecule has 0 saturated heterocycles. The summed E-state index contributed by atoms with van der Waals surface area (Å²) in [7, 11) is 1.45. The van der Waals surface area contributed by atoms with Crippen molar-refractivity contribution in [2.45, 2.75) is 13.0 Å². The highest BCUT2D eigenvalue weighted by atomic mass is 32.1. The fourth-order valence-electron chi connectivity index (χ4n) is 1.84. The molecule has 2 aromatic rings. The topological polar surface area (TPSA) is 47.3 Å². The van der Waals surface area contributed by atoms with Crippen molar-refractivity contribution < 1.29 is 9.13 Å². The molecule has 5 heteroatoms. The van der Waals surface area contributed by atoms with E-state index >= 15 is 0 Å². The van der Waals surface area contributed by atoms with Crippen molar-refractivity contribution in [2.24, 2.45) is 5.73 Å². The normalized spacial score (nSPS) is 12.2. The smallest absolute Gasteiger partial charge is 0.165 e. The van der Waals surface area contributed by atoms with Crippen LogP contribution in [0.4, 0.5) is 10.1 Å². The second kappa shape index (κ2) is 6.04. The van der Waals surface area contributed by atoms with E-state index in [0.29, 0.717) is 6.54 Å². The molecule has 0 radical (unpaired) electrons. The molecule has 0 aliphatic rings. The van der Waals surface area contributed by atoms with Gasteiger partial charge in [0.1, 0.15) is 0 Å². The van der Waals surface area contributed by atoms with Gasteiger partial charge in [-0.2, -0.15) is 0 Å². The number of halogens is 1. The van der Waals surface area contributed by atoms with Crippen LogP contribution in [0.2, 0.25) is 0 Å². The quantitative estimate of drug-likeness (QED) is 0.883. The molecule has 0 amide bonds. The first-order valence-electron chi connectivity index (χ1n) is 6.00. The van der Waals surface area contributed by atoms with Gasteiger partial charge < -0.3 is 15.8 Å². The minimum absolute atomic E-state index is 0.0221. The predicted molar refractivity (Wildman–Crippen MR) is 77.4 cm³/mol. The second-order valence-corrected chi connectivity index (χ2v) is 5.55. The number of hydrogen-bond donors (Lipinski definition) is 2. The maximum absolute atomic E-state index is 13.3. The number of hydrogen-bond acceptors (Lipinski definition) is 4. The van der Waals surface area contributed by atoms with E-state index in [1.165, 1.54) is 22.9 Å². The highest BCUT2D eigenvalue weighted by molar-refractivity contribution is 7.12. The maximum Gasteiger partial charge on any atom is 0.165 e. The Morgan fingerprint density at radius 1 is 1.37 bits per heavy atom. The lowest BCUT2D eigenvalue weighted by molar-refractivity contribution is 0.387. The summed E-state index contributed by atoms with van der Waals surface area (Å²) in [5.41, 5.74) is 6.59. The second-order valence-electron chi connectivity index (χ2n) is 4.23. The molecule has 0 bridgehead atoms. The molecule has 1 atom stereocenters. The number of rotatable bonds is 5. The van der Waals surface area contributed by atoms with Gasteiger partial charge in [0.25, 0.3) is 0 Å². The minimum atomic E-state index is -0.371. The van der Waals surface area contributed by atoms with E-state index in [1.54, 1.807) is 23.5 Å². The summed E-state index contributed by atoms with van der Waals surface area (Å²) >= 11 is 1.70. The summed E-state index contributed by atoms with van der Waals surface area (Å²) in [6.07, 6.45) is 0. The molecule has 1 aromatic carbocycles. The number of ether oxygens (including phenoxy) is 1. The molecule has 0 aliphatic heterocycles. The third kappa shape index (κ3) is 3.24. The van der Waals surface area contributed by atoms with E-state index in [0.717, 1.165) is 5.69 Å². The van der Waals surface area contributed by atoms with Gasteiger partial charge in [-0.25, -0.2) is 4.39 Å². The van der Waals surface area contributed by atoms with Gasteiger partial charge in [0.15, 0.2) is 11.6 Å². The van der Waals surface area contributed by atoms with Gasteiger partial charge in [-0.05, 0) is 31.2 Å². The number of benzene rings is 1. The lowest BCUT2D eigenvalue weighted by atomic mass is 10.2. The fraction of sp³-hybridized carbons (Fsp3) is 0.286. The molecule has 0 saturated carbocycles. The molecule has 1 heterocycles. The number of nitrogens with two attached hydrogens (primary N) is 1. The van der Waals surface area contributed by atoms with Crippen LogP contribution in [0.1, 0.15) is 15.8 Å². The summed E-state index contributed by atoms with van der Waals surface area (Å²) in [5, 5.41) is 3.30. The molecule has 0 aliphatic carbocycles. The van der Waals surface area contributed by atoms with E-state index in [2.05, 4.69) is 24.4 Å². The Bertz CT molecular complexity index is 556. The Balaban J connectivity index is 2.18. The molecule has 1 aromatic heterocycles. The first kappa shape index (κ1) is 13.8. The molecular formula is C14H17FN2OS. The first-order valence-corrected chi connectivity index (χ1v) is 6.82. The Kier molecular flexibility index (Phi) is 4.39. The van der Waals surface area contributed by atoms with Gasteiger partial charge in [0.05, 0.1) is 13.2 Å². The van der Waals surface area contributed by atoms with Crippen molar-refractivity contribution in [3.63, 3.8) is 0 Å². The van der Waals surface area contributed by atoms with Gasteiger partial charge >= 0.3 is 0 Å². The average molecular weight is 280 g/mol. The van der Waals surface area contributed by atoms with E-state index in [-0.39, 0.29) is 17.6 Å². The maximum atomic E-state index is 13.3. The zero-order chi connectivity index (χ0) is 13.8. The summed E-state index contributed by atoms with van der Waals surface area (Å²) in [6.45, 7) is 2.53. The summed E-state index contributed by atoms with van der Waals surface area (Å²) in [6, 6.07) is 8.85. The van der Waals surface area contributed by atoms with E-state index in [4.69, 9.17) is 10.5 Å². The summed E-state index contributed by atoms with van der Waals surface area (Å²) in [5.74, 6) is -0.146. The molecule has 0 fully saturated rings. The molecule has 102 valence electrons. The van der Waals surface area contributed by atoms with Crippen LogP contribution in [0.25, 0.3) is 0 Å². The van der Waals surface area contributed by atoms with Crippen LogP contribution in [-0.2, 0) is 0 Å². The standard InChI is InChI=1S/C14H17FN2OS/c1-9-3-6-14(19-9)12(8-16)17-10-4-5-11(15)13(7-10)18-2/h3-7,12,17H,8,16H2,1-2H3. The Morgan fingerprint density at radius 3 is 2.74 bits per heavy atom. The lowest BCUT2D eigenvalue weighted by Gasteiger charge is -2.17. The van der Waals surface area contributed by atoms with Crippen molar-refractivity contribution in [1.29, 1.82) is 0 Å². The monoisotopic (exact) mass is 280 g/mol. The zero-order valence-electron chi connectivity index (χ0n) is 10.9. The molecule has 2 rings (SSSR count). The molecular weight excluding hydrogens is 263 g/mol. The molecule has 3 N–H and O–H groups in total. The van der Waals surface area contributed by atoms with Crippen LogP contribution < -0.4 is 15.8 Å². The van der Waals surface area contributed by atoms with Gasteiger partial charge in [0, 0.05) is 28.1 Å². The largest absolute Gasteiger partial charge is 0.494 e. The van der Waals surface area contributed by atoms with E-state index < -0.39 is 0 Å². The van der Waals surface area contributed by atoms with Gasteiger partial charge in [0.2, 0.25) is 0 Å². The van der Waals surface area contributed by atoms with Crippen LogP contribution in [0.3, 0.4) is 0 Å². The highest BCUT2D eigenvalue weighted by Gasteiger charge is 2.12. The summed E-state index contributed by atoms with van der Waals surface area (Å²) in [4.78, 5) is 2.41. The third-order valence-corrected chi connectivity index (χ3v) is 3.95. The molecule has 3 nitrogen and oxygen atoms in total. The molecule has 19 heavy (non-hydrogen) atoms. The van der Waals surface area contributed by atoms with Crippen molar-refractivity contribution in [3.05, 3.63) is 45.9 Å². The van der Waals surface area contributed by atoms with Crippen molar-refractivity contribution >= 4 is 17.0 Å². The lowest BCUT2D eigenvalue weighted by Crippen LogP contribution is -2.19. The number of nitrogens with one attached hydrogen (secondary N) is 1. The number of anilines is 1. The van der Waals surface area contributed by atoms with Gasteiger partial charge in [-0.3, -0.25) is 0 Å². The Labute approximate surface area is 116 Å². The highest BCUT2D eigenvalue weighted by Crippen LogP contribution is 2.28. The number of thiophene rings is 1. The zero-order valence-corrected chi connectivity index (χ0v) is 11.8. The van der Waals surface area contributed by atoms with E-state index in [1.807, 2.05) is 0 Å². The van der Waals surface area contributed by atoms with Crippen LogP contribution in [0.5, 0.6) is 5.75 Å². The average Bonchev–Trinajstić information content (AvgIpc) is 2.84. The Morgan fingerprint density at radius 2 is 2.16 bits per heavy atom. The van der Waals surface area contributed by atoms with Crippen molar-refractivity contribution in [1.82, 2.24) is 0 Å². The first-order chi connectivity index (χ1) is 9.13. The van der Waals surface area contributed by atoms with Crippen molar-refractivity contribution in [2.75, 3.05) is 19.0 Å². The SMILES string of the molecule is COc1cc(NC(CN)c2ccc(C)s2)ccc1F. The third-order valence-electron chi connectivity index (χ3n) is 2.83. The fourth-order valence-corrected chi connectivity index (χ4v) is 2.78. The molecule has 1 unspecified atom stereocenters. The number of methoxy groups -OCH3 is 1.